The van der Waals surface area contributed by atoms with E-state index < -0.39 is 24.0 Å². The topological polar surface area (TPSA) is 84.5 Å². The quantitative estimate of drug-likeness (QED) is 0.738. The Hall–Kier alpha value is -3.15. The molecule has 0 saturated carbocycles. The van der Waals surface area contributed by atoms with Crippen molar-refractivity contribution in [3.05, 3.63) is 70.8 Å². The van der Waals surface area contributed by atoms with Gasteiger partial charge in [0.1, 0.15) is 0 Å². The van der Waals surface area contributed by atoms with Crippen molar-refractivity contribution in [1.29, 1.82) is 0 Å². The van der Waals surface area contributed by atoms with E-state index >= 15 is 0 Å². The Kier molecular flexibility index (Phi) is 7.00. The second-order valence-corrected chi connectivity index (χ2v) is 7.28. The van der Waals surface area contributed by atoms with Crippen LogP contribution in [0.3, 0.4) is 0 Å². The molecule has 0 saturated heterocycles. The van der Waals surface area contributed by atoms with Gasteiger partial charge >= 0.3 is 12.0 Å². The molecule has 152 valence electrons. The first-order chi connectivity index (χ1) is 14.0. The number of aryl methyl sites for hydroxylation is 2. The molecule has 0 spiro atoms. The maximum absolute atomic E-state index is 12.2. The van der Waals surface area contributed by atoms with Gasteiger partial charge in [0, 0.05) is 6.54 Å². The van der Waals surface area contributed by atoms with Gasteiger partial charge in [0.25, 0.3) is 5.91 Å². The van der Waals surface area contributed by atoms with Crippen LogP contribution in [-0.4, -0.2) is 24.0 Å². The highest BCUT2D eigenvalue weighted by Crippen LogP contribution is 2.22. The minimum Gasteiger partial charge on any atom is -0.452 e. The highest BCUT2D eigenvalue weighted by atomic mass is 16.5. The average Bonchev–Trinajstić information content (AvgIpc) is 2.72. The summed E-state index contributed by atoms with van der Waals surface area (Å²) in [5.41, 5.74) is 4.44. The third-order valence-electron chi connectivity index (χ3n) is 4.97. The van der Waals surface area contributed by atoms with Gasteiger partial charge in [-0.3, -0.25) is 14.9 Å². The molecule has 1 aliphatic rings. The summed E-state index contributed by atoms with van der Waals surface area (Å²) in [5.74, 6) is -1.15. The van der Waals surface area contributed by atoms with Gasteiger partial charge in [-0.25, -0.2) is 4.79 Å². The zero-order valence-electron chi connectivity index (χ0n) is 16.6. The maximum atomic E-state index is 12.2. The van der Waals surface area contributed by atoms with Gasteiger partial charge in [-0.1, -0.05) is 48.5 Å². The molecule has 0 unspecified atom stereocenters. The largest absolute Gasteiger partial charge is 0.452 e. The van der Waals surface area contributed by atoms with Gasteiger partial charge in [-0.2, -0.15) is 0 Å². The van der Waals surface area contributed by atoms with Crippen LogP contribution in [0.15, 0.2) is 48.5 Å². The predicted octanol–water partition coefficient (Wildman–Crippen LogP) is 3.07. The number of hydrogen-bond donors (Lipinski definition) is 2. The Bertz CT molecular complexity index is 880. The predicted molar refractivity (Wildman–Crippen MR) is 109 cm³/mol. The van der Waals surface area contributed by atoms with Crippen molar-refractivity contribution in [3.8, 4) is 0 Å². The summed E-state index contributed by atoms with van der Waals surface area (Å²) in [6.45, 7) is 1.75. The molecule has 0 aliphatic heterocycles. The Labute approximate surface area is 170 Å². The van der Waals surface area contributed by atoms with Gasteiger partial charge in [0.05, 0.1) is 6.42 Å². The summed E-state index contributed by atoms with van der Waals surface area (Å²) in [6, 6.07) is 14.8. The van der Waals surface area contributed by atoms with Gasteiger partial charge in [0.2, 0.25) is 0 Å². The van der Waals surface area contributed by atoms with Crippen LogP contribution in [0.4, 0.5) is 4.79 Å². The van der Waals surface area contributed by atoms with Gasteiger partial charge in [-0.15, -0.1) is 0 Å². The number of esters is 1. The number of amides is 3. The van der Waals surface area contributed by atoms with E-state index in [1.165, 1.54) is 30.9 Å². The summed E-state index contributed by atoms with van der Waals surface area (Å²) in [5, 5.41) is 4.79. The molecule has 0 heterocycles. The lowest BCUT2D eigenvalue weighted by Gasteiger charge is -2.17. The zero-order chi connectivity index (χ0) is 20.6. The summed E-state index contributed by atoms with van der Waals surface area (Å²) < 4.78 is 5.19. The molecular formula is C23H26N2O4. The number of rotatable bonds is 6. The summed E-state index contributed by atoms with van der Waals surface area (Å²) in [7, 11) is 0. The van der Waals surface area contributed by atoms with Crippen LogP contribution in [0.1, 0.15) is 42.0 Å². The molecule has 0 radical (unpaired) electrons. The van der Waals surface area contributed by atoms with E-state index in [0.717, 1.165) is 24.0 Å². The summed E-state index contributed by atoms with van der Waals surface area (Å²) >= 11 is 0. The van der Waals surface area contributed by atoms with Gasteiger partial charge < -0.3 is 10.1 Å². The number of ether oxygens (including phenoxy) is 1. The lowest BCUT2D eigenvalue weighted by atomic mass is 9.90. The molecule has 6 heteroatoms. The van der Waals surface area contributed by atoms with Crippen LogP contribution in [0, 0.1) is 0 Å². The van der Waals surface area contributed by atoms with E-state index in [-0.39, 0.29) is 6.42 Å². The second-order valence-electron chi connectivity index (χ2n) is 7.28. The van der Waals surface area contributed by atoms with Crippen molar-refractivity contribution < 1.29 is 19.1 Å². The molecule has 2 aromatic carbocycles. The second kappa shape index (κ2) is 9.87. The number of hydrogen-bond acceptors (Lipinski definition) is 4. The van der Waals surface area contributed by atoms with Crippen LogP contribution in [-0.2, 0) is 40.1 Å². The fourth-order valence-corrected chi connectivity index (χ4v) is 3.39. The highest BCUT2D eigenvalue weighted by Gasteiger charge is 2.20. The first-order valence-electron chi connectivity index (χ1n) is 9.94. The lowest BCUT2D eigenvalue weighted by Crippen LogP contribution is -2.44. The molecule has 0 aromatic heterocycles. The SMILES string of the molecule is C[C@H](OC(=O)Cc1ccc2c(c1)CCCC2)C(=O)NC(=O)NCc1ccccc1. The number of carbonyl (C=O) groups excluding carboxylic acids is 3. The molecule has 3 rings (SSSR count). The molecular weight excluding hydrogens is 368 g/mol. The van der Waals surface area contributed by atoms with Crippen LogP contribution in [0.25, 0.3) is 0 Å². The van der Waals surface area contributed by atoms with Crippen molar-refractivity contribution in [1.82, 2.24) is 10.6 Å². The number of nitrogens with one attached hydrogen (secondary N) is 2. The molecule has 0 fully saturated rings. The zero-order valence-corrected chi connectivity index (χ0v) is 16.6. The molecule has 2 N–H and O–H groups in total. The van der Waals surface area contributed by atoms with Crippen LogP contribution in [0.5, 0.6) is 0 Å². The number of carbonyl (C=O) groups is 3. The molecule has 3 amide bonds. The number of urea groups is 1. The molecule has 1 aliphatic carbocycles. The number of imide groups is 1. The third-order valence-corrected chi connectivity index (χ3v) is 4.97. The Morgan fingerprint density at radius 2 is 1.69 bits per heavy atom. The van der Waals surface area contributed by atoms with Crippen molar-refractivity contribution in [2.24, 2.45) is 0 Å². The minimum absolute atomic E-state index is 0.102. The molecule has 29 heavy (non-hydrogen) atoms. The molecule has 6 nitrogen and oxygen atoms in total. The number of benzene rings is 2. The lowest BCUT2D eigenvalue weighted by molar-refractivity contribution is -0.153. The van der Waals surface area contributed by atoms with Gasteiger partial charge in [0.15, 0.2) is 6.10 Å². The fraction of sp³-hybridized carbons (Fsp3) is 0.348. The van der Waals surface area contributed by atoms with Crippen molar-refractivity contribution in [3.63, 3.8) is 0 Å². The molecule has 0 bridgehead atoms. The first kappa shape index (κ1) is 20.6. The standard InChI is InChI=1S/C23H26N2O4/c1-16(22(27)25-23(28)24-15-17-7-3-2-4-8-17)29-21(26)14-18-11-12-19-9-5-6-10-20(19)13-18/h2-4,7-8,11-13,16H,5-6,9-10,14-15H2,1H3,(H2,24,25,27,28)/t16-/m0/s1. The average molecular weight is 394 g/mol. The Balaban J connectivity index is 1.43. The summed E-state index contributed by atoms with van der Waals surface area (Å²) in [4.78, 5) is 36.1. The highest BCUT2D eigenvalue weighted by molar-refractivity contribution is 5.97. The monoisotopic (exact) mass is 394 g/mol. The molecule has 2 aromatic rings. The van der Waals surface area contributed by atoms with Crippen molar-refractivity contribution >= 4 is 17.9 Å². The normalized spacial score (nSPS) is 13.7. The van der Waals surface area contributed by atoms with Gasteiger partial charge in [-0.05, 0) is 54.9 Å². The van der Waals surface area contributed by atoms with Crippen LogP contribution < -0.4 is 10.6 Å². The van der Waals surface area contributed by atoms with Crippen LogP contribution >= 0.6 is 0 Å². The first-order valence-corrected chi connectivity index (χ1v) is 9.94. The van der Waals surface area contributed by atoms with Crippen molar-refractivity contribution in [2.45, 2.75) is 51.7 Å². The van der Waals surface area contributed by atoms with E-state index in [0.29, 0.717) is 6.54 Å². The van der Waals surface area contributed by atoms with E-state index in [1.54, 1.807) is 0 Å². The van der Waals surface area contributed by atoms with E-state index in [1.807, 2.05) is 36.4 Å². The Morgan fingerprint density at radius 3 is 2.45 bits per heavy atom. The van der Waals surface area contributed by atoms with Crippen molar-refractivity contribution in [2.75, 3.05) is 0 Å². The summed E-state index contributed by atoms with van der Waals surface area (Å²) in [6.07, 6.45) is 3.55. The Morgan fingerprint density at radius 1 is 0.966 bits per heavy atom. The molecule has 1 atom stereocenters. The van der Waals surface area contributed by atoms with E-state index in [2.05, 4.69) is 22.8 Å². The maximum Gasteiger partial charge on any atom is 0.321 e. The van der Waals surface area contributed by atoms with Crippen LogP contribution in [0.2, 0.25) is 0 Å². The third kappa shape index (κ3) is 6.17. The smallest absolute Gasteiger partial charge is 0.321 e. The van der Waals surface area contributed by atoms with E-state index in [4.69, 9.17) is 4.74 Å². The number of fused-ring (bicyclic) bond motifs is 1. The minimum atomic E-state index is -1.05. The van der Waals surface area contributed by atoms with E-state index in [9.17, 15) is 14.4 Å². The fourth-order valence-electron chi connectivity index (χ4n) is 3.39.